The molecule has 0 bridgehead atoms. The molecule has 16 heavy (non-hydrogen) atoms. The molecule has 0 saturated heterocycles. The Labute approximate surface area is 91.2 Å². The second-order valence-corrected chi connectivity index (χ2v) is 3.26. The van der Waals surface area contributed by atoms with Crippen LogP contribution in [-0.4, -0.2) is 27.0 Å². The number of hydrogen-bond donors (Lipinski definition) is 0. The van der Waals surface area contributed by atoms with Gasteiger partial charge in [-0.2, -0.15) is 0 Å². The highest BCUT2D eigenvalue weighted by atomic mass is 16.5. The van der Waals surface area contributed by atoms with Crippen molar-refractivity contribution in [3.05, 3.63) is 30.9 Å². The van der Waals surface area contributed by atoms with Crippen LogP contribution < -0.4 is 4.74 Å². The lowest BCUT2D eigenvalue weighted by Gasteiger charge is -2.05. The molecule has 1 aromatic carbocycles. The fourth-order valence-corrected chi connectivity index (χ4v) is 1.68. The zero-order valence-corrected chi connectivity index (χ0v) is 8.58. The number of fused-ring (bicyclic) bond motifs is 3. The molecule has 3 aromatic rings. The summed E-state index contributed by atoms with van der Waals surface area (Å²) < 4.78 is 5.27. The van der Waals surface area contributed by atoms with E-state index in [1.807, 2.05) is 6.07 Å². The van der Waals surface area contributed by atoms with E-state index in [1.54, 1.807) is 31.9 Å². The van der Waals surface area contributed by atoms with Crippen LogP contribution in [0.4, 0.5) is 0 Å². The number of ether oxygens (including phenoxy) is 1. The van der Waals surface area contributed by atoms with Gasteiger partial charge in [0, 0.05) is 30.9 Å². The summed E-state index contributed by atoms with van der Waals surface area (Å²) in [5, 5.41) is 0. The van der Waals surface area contributed by atoms with Crippen molar-refractivity contribution in [2.75, 3.05) is 7.11 Å². The number of rotatable bonds is 1. The molecule has 5 nitrogen and oxygen atoms in total. The molecular formula is C11H8N4O. The van der Waals surface area contributed by atoms with Crippen LogP contribution in [0.2, 0.25) is 0 Å². The zero-order valence-electron chi connectivity index (χ0n) is 8.58. The molecule has 0 aliphatic rings. The maximum Gasteiger partial charge on any atom is 0.149 e. The lowest BCUT2D eigenvalue weighted by molar-refractivity contribution is 0.419. The molecule has 2 heterocycles. The summed E-state index contributed by atoms with van der Waals surface area (Å²) in [5.41, 5.74) is 2.92. The van der Waals surface area contributed by atoms with Crippen LogP contribution >= 0.6 is 0 Å². The number of methoxy groups -OCH3 is 1. The third-order valence-corrected chi connectivity index (χ3v) is 2.37. The molecule has 5 heteroatoms. The molecule has 0 N–H and O–H groups in total. The molecule has 0 atom stereocenters. The Balaban J connectivity index is 2.57. The van der Waals surface area contributed by atoms with Gasteiger partial charge in [-0.1, -0.05) is 0 Å². The monoisotopic (exact) mass is 212 g/mol. The highest BCUT2D eigenvalue weighted by Crippen LogP contribution is 2.27. The summed E-state index contributed by atoms with van der Waals surface area (Å²) in [6.45, 7) is 0. The normalized spacial score (nSPS) is 10.8. The van der Waals surface area contributed by atoms with Crippen molar-refractivity contribution >= 4 is 22.1 Å². The predicted octanol–water partition coefficient (Wildman–Crippen LogP) is 1.58. The van der Waals surface area contributed by atoms with Gasteiger partial charge in [0.25, 0.3) is 0 Å². The first-order chi connectivity index (χ1) is 7.90. The van der Waals surface area contributed by atoms with Gasteiger partial charge in [0.05, 0.1) is 12.6 Å². The highest BCUT2D eigenvalue weighted by molar-refractivity contribution is 6.02. The summed E-state index contributed by atoms with van der Waals surface area (Å²) in [5.74, 6) is 0.663. The van der Waals surface area contributed by atoms with Gasteiger partial charge in [-0.05, 0) is 0 Å². The van der Waals surface area contributed by atoms with E-state index in [1.165, 1.54) is 0 Å². The largest absolute Gasteiger partial charge is 0.494 e. The molecule has 0 aliphatic heterocycles. The van der Waals surface area contributed by atoms with Gasteiger partial charge in [0.2, 0.25) is 0 Å². The summed E-state index contributed by atoms with van der Waals surface area (Å²) >= 11 is 0. The fourth-order valence-electron chi connectivity index (χ4n) is 1.68. The third-order valence-electron chi connectivity index (χ3n) is 2.37. The van der Waals surface area contributed by atoms with Crippen LogP contribution in [0.3, 0.4) is 0 Å². The fraction of sp³-hybridized carbons (Fsp3) is 0.0909. The Kier molecular flexibility index (Phi) is 1.89. The van der Waals surface area contributed by atoms with Crippen molar-refractivity contribution in [3.8, 4) is 5.75 Å². The Hall–Kier alpha value is -2.30. The maximum absolute atomic E-state index is 5.27. The molecule has 0 unspecified atom stereocenters. The van der Waals surface area contributed by atoms with Crippen molar-refractivity contribution < 1.29 is 4.74 Å². The second-order valence-electron chi connectivity index (χ2n) is 3.26. The van der Waals surface area contributed by atoms with Gasteiger partial charge in [-0.25, -0.2) is 4.98 Å². The first kappa shape index (κ1) is 8.96. The summed E-state index contributed by atoms with van der Waals surface area (Å²) in [6.07, 6.45) is 6.55. The van der Waals surface area contributed by atoms with E-state index in [0.717, 1.165) is 11.0 Å². The summed E-state index contributed by atoms with van der Waals surface area (Å²) in [6, 6.07) is 1.82. The van der Waals surface area contributed by atoms with Gasteiger partial charge in [0.1, 0.15) is 22.3 Å². The topological polar surface area (TPSA) is 60.8 Å². The van der Waals surface area contributed by atoms with E-state index < -0.39 is 0 Å². The number of benzene rings is 1. The van der Waals surface area contributed by atoms with E-state index in [-0.39, 0.29) is 0 Å². The van der Waals surface area contributed by atoms with Crippen molar-refractivity contribution in [2.24, 2.45) is 0 Å². The van der Waals surface area contributed by atoms with Crippen molar-refractivity contribution in [1.82, 2.24) is 19.9 Å². The summed E-state index contributed by atoms with van der Waals surface area (Å²) in [4.78, 5) is 17.0. The first-order valence-corrected chi connectivity index (χ1v) is 4.78. The Bertz CT molecular complexity index is 668. The van der Waals surface area contributed by atoms with Crippen LogP contribution in [0, 0.1) is 0 Å². The van der Waals surface area contributed by atoms with Crippen molar-refractivity contribution in [3.63, 3.8) is 0 Å². The lowest BCUT2D eigenvalue weighted by atomic mass is 10.2. The minimum atomic E-state index is 0.663. The SMILES string of the molecule is COc1cc2nccnc2c2nccnc12. The zero-order chi connectivity index (χ0) is 11.0. The van der Waals surface area contributed by atoms with E-state index in [9.17, 15) is 0 Å². The van der Waals surface area contributed by atoms with Crippen LogP contribution in [0.5, 0.6) is 5.75 Å². The number of hydrogen-bond acceptors (Lipinski definition) is 5. The molecule has 0 fully saturated rings. The standard InChI is InChI=1S/C11H8N4O/c1-16-8-6-7-9(13-3-2-12-7)11-10(8)14-4-5-15-11/h2-6H,1H3. The van der Waals surface area contributed by atoms with E-state index >= 15 is 0 Å². The summed E-state index contributed by atoms with van der Waals surface area (Å²) in [7, 11) is 1.60. The van der Waals surface area contributed by atoms with Crippen molar-refractivity contribution in [2.45, 2.75) is 0 Å². The number of nitrogens with zero attached hydrogens (tertiary/aromatic N) is 4. The smallest absolute Gasteiger partial charge is 0.149 e. The molecule has 0 amide bonds. The molecular weight excluding hydrogens is 204 g/mol. The molecule has 0 saturated carbocycles. The Morgan fingerprint density at radius 1 is 0.812 bits per heavy atom. The lowest BCUT2D eigenvalue weighted by Crippen LogP contribution is -1.93. The second kappa shape index (κ2) is 3.37. The highest BCUT2D eigenvalue weighted by Gasteiger charge is 2.09. The predicted molar refractivity (Wildman–Crippen MR) is 59.2 cm³/mol. The molecule has 0 radical (unpaired) electrons. The van der Waals surface area contributed by atoms with Gasteiger partial charge >= 0.3 is 0 Å². The quantitative estimate of drug-likeness (QED) is 0.573. The van der Waals surface area contributed by atoms with Crippen LogP contribution in [0.1, 0.15) is 0 Å². The van der Waals surface area contributed by atoms with Crippen LogP contribution in [0.25, 0.3) is 22.1 Å². The van der Waals surface area contributed by atoms with Gasteiger partial charge in [0.15, 0.2) is 0 Å². The van der Waals surface area contributed by atoms with Gasteiger partial charge in [-0.3, -0.25) is 15.0 Å². The number of aromatic nitrogens is 4. The van der Waals surface area contributed by atoms with E-state index in [4.69, 9.17) is 4.74 Å². The van der Waals surface area contributed by atoms with Crippen LogP contribution in [-0.2, 0) is 0 Å². The van der Waals surface area contributed by atoms with Gasteiger partial charge < -0.3 is 4.74 Å². The molecule has 0 spiro atoms. The molecule has 0 aliphatic carbocycles. The average molecular weight is 212 g/mol. The molecule has 78 valence electrons. The van der Waals surface area contributed by atoms with Crippen LogP contribution in [0.15, 0.2) is 30.9 Å². The Morgan fingerprint density at radius 3 is 2.19 bits per heavy atom. The van der Waals surface area contributed by atoms with Crippen molar-refractivity contribution in [1.29, 1.82) is 0 Å². The maximum atomic E-state index is 5.27. The minimum Gasteiger partial charge on any atom is -0.494 e. The van der Waals surface area contributed by atoms with E-state index in [0.29, 0.717) is 16.8 Å². The Morgan fingerprint density at radius 2 is 1.44 bits per heavy atom. The first-order valence-electron chi connectivity index (χ1n) is 4.78. The third kappa shape index (κ3) is 1.18. The van der Waals surface area contributed by atoms with E-state index in [2.05, 4.69) is 19.9 Å². The minimum absolute atomic E-state index is 0.663. The average Bonchev–Trinajstić information content (AvgIpc) is 2.38. The molecule has 2 aromatic heterocycles. The van der Waals surface area contributed by atoms with Gasteiger partial charge in [-0.15, -0.1) is 0 Å². The molecule has 3 rings (SSSR count).